The molecule has 1 aliphatic rings. The number of fused-ring (bicyclic) bond motifs is 1. The van der Waals surface area contributed by atoms with Crippen molar-refractivity contribution in [3.8, 4) is 0 Å². The van der Waals surface area contributed by atoms with Gasteiger partial charge in [0.05, 0.1) is 13.7 Å². The number of ether oxygens (including phenoxy) is 2. The van der Waals surface area contributed by atoms with Gasteiger partial charge in [-0.05, 0) is 23.3 Å². The highest BCUT2D eigenvalue weighted by Gasteiger charge is 2.44. The minimum Gasteiger partial charge on any atom is -0.468 e. The van der Waals surface area contributed by atoms with E-state index >= 15 is 0 Å². The van der Waals surface area contributed by atoms with E-state index in [1.807, 2.05) is 18.2 Å². The van der Waals surface area contributed by atoms with Gasteiger partial charge in [0.15, 0.2) is 0 Å². The number of hydrogen-bond acceptors (Lipinski definition) is 4. The van der Waals surface area contributed by atoms with E-state index in [0.29, 0.717) is 31.0 Å². The smallest absolute Gasteiger partial charge is 0.326 e. The van der Waals surface area contributed by atoms with E-state index in [0.717, 1.165) is 11.1 Å². The molecule has 19 heavy (non-hydrogen) atoms. The summed E-state index contributed by atoms with van der Waals surface area (Å²) in [6.07, 6.45) is 1.22. The Kier molecular flexibility index (Phi) is 4.45. The van der Waals surface area contributed by atoms with E-state index in [4.69, 9.17) is 21.1 Å². The van der Waals surface area contributed by atoms with Crippen LogP contribution in [0.25, 0.3) is 0 Å². The van der Waals surface area contributed by atoms with E-state index in [-0.39, 0.29) is 5.97 Å². The Morgan fingerprint density at radius 3 is 2.79 bits per heavy atom. The van der Waals surface area contributed by atoms with E-state index in [1.165, 1.54) is 7.11 Å². The maximum Gasteiger partial charge on any atom is 0.326 e. The van der Waals surface area contributed by atoms with Crippen molar-refractivity contribution in [2.45, 2.75) is 18.4 Å². The molecule has 1 aromatic carbocycles. The first-order chi connectivity index (χ1) is 9.11. The maximum atomic E-state index is 12.1. The number of carbonyl (C=O) groups is 1. The van der Waals surface area contributed by atoms with Crippen molar-refractivity contribution in [1.82, 2.24) is 5.32 Å². The molecule has 1 aromatic rings. The van der Waals surface area contributed by atoms with Crippen LogP contribution < -0.4 is 5.32 Å². The summed E-state index contributed by atoms with van der Waals surface area (Å²) in [4.78, 5) is 12.1. The molecule has 4 nitrogen and oxygen atoms in total. The average Bonchev–Trinajstić information content (AvgIpc) is 2.77. The molecule has 0 saturated carbocycles. The molecule has 1 N–H and O–H groups in total. The molecular weight excluding hydrogens is 266 g/mol. The number of carbonyl (C=O) groups excluding carboxylic acids is 1. The molecule has 0 bridgehead atoms. The van der Waals surface area contributed by atoms with Gasteiger partial charge in [0, 0.05) is 31.5 Å². The second kappa shape index (κ2) is 5.90. The molecule has 0 aromatic heterocycles. The van der Waals surface area contributed by atoms with Crippen molar-refractivity contribution >= 4 is 17.6 Å². The van der Waals surface area contributed by atoms with Gasteiger partial charge >= 0.3 is 5.97 Å². The molecule has 104 valence electrons. The summed E-state index contributed by atoms with van der Waals surface area (Å²) in [7, 11) is 3.05. The van der Waals surface area contributed by atoms with Gasteiger partial charge < -0.3 is 9.47 Å². The summed E-state index contributed by atoms with van der Waals surface area (Å²) >= 11 is 6.00. The molecule has 2 rings (SSSR count). The van der Waals surface area contributed by atoms with Crippen LogP contribution in [0, 0.1) is 0 Å². The summed E-state index contributed by atoms with van der Waals surface area (Å²) in [5.74, 6) is -0.240. The largest absolute Gasteiger partial charge is 0.468 e. The number of rotatable bonds is 5. The summed E-state index contributed by atoms with van der Waals surface area (Å²) in [5.41, 5.74) is 1.54. The van der Waals surface area contributed by atoms with Crippen LogP contribution in [0.15, 0.2) is 18.2 Å². The minimum atomic E-state index is -0.694. The van der Waals surface area contributed by atoms with E-state index < -0.39 is 5.54 Å². The fraction of sp³-hybridized carbons (Fsp3) is 0.500. The Morgan fingerprint density at radius 1 is 1.37 bits per heavy atom. The zero-order valence-electron chi connectivity index (χ0n) is 11.2. The molecule has 0 radical (unpaired) electrons. The topological polar surface area (TPSA) is 47.6 Å². The summed E-state index contributed by atoms with van der Waals surface area (Å²) in [5, 5.41) is 3.96. The molecule has 1 unspecified atom stereocenters. The Hall–Kier alpha value is -1.10. The average molecular weight is 284 g/mol. The van der Waals surface area contributed by atoms with Crippen molar-refractivity contribution in [1.29, 1.82) is 0 Å². The lowest BCUT2D eigenvalue weighted by Gasteiger charge is -2.27. The number of esters is 1. The van der Waals surface area contributed by atoms with Gasteiger partial charge in [-0.2, -0.15) is 0 Å². The monoisotopic (exact) mass is 283 g/mol. The minimum absolute atomic E-state index is 0.240. The van der Waals surface area contributed by atoms with Crippen molar-refractivity contribution in [2.24, 2.45) is 0 Å². The summed E-state index contributed by atoms with van der Waals surface area (Å²) in [6, 6.07) is 5.74. The van der Waals surface area contributed by atoms with Gasteiger partial charge in [-0.15, -0.1) is 0 Å². The lowest BCUT2D eigenvalue weighted by atomic mass is 9.95. The molecule has 0 aliphatic heterocycles. The highest BCUT2D eigenvalue weighted by molar-refractivity contribution is 6.30. The number of halogens is 1. The van der Waals surface area contributed by atoms with Crippen molar-refractivity contribution < 1.29 is 14.3 Å². The van der Waals surface area contributed by atoms with Gasteiger partial charge in [-0.1, -0.05) is 17.7 Å². The number of methoxy groups -OCH3 is 2. The zero-order chi connectivity index (χ0) is 13.9. The van der Waals surface area contributed by atoms with Crippen molar-refractivity contribution in [2.75, 3.05) is 27.4 Å². The standard InChI is InChI=1S/C14H18ClNO3/c1-18-6-5-16-14(13(17)19-2)8-10-3-4-12(15)7-11(10)9-14/h3-4,7,16H,5-6,8-9H2,1-2H3. The fourth-order valence-electron chi connectivity index (χ4n) is 2.57. The SMILES string of the molecule is COCCNC1(C(=O)OC)Cc2ccc(Cl)cc2C1. The van der Waals surface area contributed by atoms with Crippen LogP contribution in [0.1, 0.15) is 11.1 Å². The third-order valence-electron chi connectivity index (χ3n) is 3.50. The third-order valence-corrected chi connectivity index (χ3v) is 3.73. The lowest BCUT2D eigenvalue weighted by Crippen LogP contribution is -2.54. The molecule has 0 saturated heterocycles. The van der Waals surface area contributed by atoms with Crippen LogP contribution in [0.5, 0.6) is 0 Å². The van der Waals surface area contributed by atoms with Crippen LogP contribution >= 0.6 is 11.6 Å². The highest BCUT2D eigenvalue weighted by Crippen LogP contribution is 2.32. The molecule has 0 fully saturated rings. The molecule has 0 spiro atoms. The van der Waals surface area contributed by atoms with Gasteiger partial charge in [0.25, 0.3) is 0 Å². The van der Waals surface area contributed by atoms with Gasteiger partial charge in [0.1, 0.15) is 5.54 Å². The highest BCUT2D eigenvalue weighted by atomic mass is 35.5. The van der Waals surface area contributed by atoms with Crippen molar-refractivity contribution in [3.05, 3.63) is 34.3 Å². The first-order valence-corrected chi connectivity index (χ1v) is 6.59. The predicted molar refractivity (Wildman–Crippen MR) is 73.5 cm³/mol. The lowest BCUT2D eigenvalue weighted by molar-refractivity contribution is -0.148. The third kappa shape index (κ3) is 2.91. The number of benzene rings is 1. The van der Waals surface area contributed by atoms with Gasteiger partial charge in [0.2, 0.25) is 0 Å². The second-order valence-electron chi connectivity index (χ2n) is 4.76. The predicted octanol–water partition coefficient (Wildman–Crippen LogP) is 1.59. The number of nitrogens with one attached hydrogen (secondary N) is 1. The van der Waals surface area contributed by atoms with Gasteiger partial charge in [-0.3, -0.25) is 10.1 Å². The number of hydrogen-bond donors (Lipinski definition) is 1. The zero-order valence-corrected chi connectivity index (χ0v) is 11.9. The Bertz CT molecular complexity index is 478. The van der Waals surface area contributed by atoms with Crippen LogP contribution in [0.3, 0.4) is 0 Å². The maximum absolute atomic E-state index is 12.1. The molecule has 5 heteroatoms. The quantitative estimate of drug-likeness (QED) is 0.658. The Morgan fingerprint density at radius 2 is 2.11 bits per heavy atom. The van der Waals surface area contributed by atoms with Crippen LogP contribution in [-0.2, 0) is 27.1 Å². The van der Waals surface area contributed by atoms with E-state index in [2.05, 4.69) is 5.32 Å². The first-order valence-electron chi connectivity index (χ1n) is 6.21. The fourth-order valence-corrected chi connectivity index (χ4v) is 2.77. The summed E-state index contributed by atoms with van der Waals surface area (Å²) in [6.45, 7) is 1.16. The Labute approximate surface area is 118 Å². The van der Waals surface area contributed by atoms with Gasteiger partial charge in [-0.25, -0.2) is 0 Å². The molecule has 0 amide bonds. The van der Waals surface area contributed by atoms with Crippen molar-refractivity contribution in [3.63, 3.8) is 0 Å². The summed E-state index contributed by atoms with van der Waals surface area (Å²) < 4.78 is 9.97. The van der Waals surface area contributed by atoms with Crippen LogP contribution in [-0.4, -0.2) is 38.9 Å². The van der Waals surface area contributed by atoms with E-state index in [9.17, 15) is 4.79 Å². The normalized spacial score (nSPS) is 21.2. The second-order valence-corrected chi connectivity index (χ2v) is 5.20. The van der Waals surface area contributed by atoms with Crippen LogP contribution in [0.2, 0.25) is 5.02 Å². The van der Waals surface area contributed by atoms with E-state index in [1.54, 1.807) is 7.11 Å². The molecule has 0 heterocycles. The molecule has 1 atom stereocenters. The molecular formula is C14H18ClNO3. The Balaban J connectivity index is 2.21. The van der Waals surface area contributed by atoms with Crippen LogP contribution in [0.4, 0.5) is 0 Å². The first kappa shape index (κ1) is 14.3. The molecule has 1 aliphatic carbocycles.